The Labute approximate surface area is 171 Å². The number of esters is 1. The molecule has 4 aromatic rings. The van der Waals surface area contributed by atoms with Crippen LogP contribution >= 0.6 is 11.8 Å². The Morgan fingerprint density at radius 3 is 2.62 bits per heavy atom. The molecule has 0 aliphatic heterocycles. The van der Waals surface area contributed by atoms with Crippen molar-refractivity contribution in [1.29, 1.82) is 0 Å². The van der Waals surface area contributed by atoms with Gasteiger partial charge in [0.2, 0.25) is 5.78 Å². The first-order valence-electron chi connectivity index (χ1n) is 9.29. The smallest absolute Gasteiger partial charge is 0.316 e. The maximum atomic E-state index is 13.2. The Morgan fingerprint density at radius 2 is 1.86 bits per heavy atom. The Morgan fingerprint density at radius 1 is 1.10 bits per heavy atom. The van der Waals surface area contributed by atoms with E-state index in [0.29, 0.717) is 35.0 Å². The van der Waals surface area contributed by atoms with Gasteiger partial charge in [-0.3, -0.25) is 18.6 Å². The Balaban J connectivity index is 1.84. The van der Waals surface area contributed by atoms with Crippen molar-refractivity contribution >= 4 is 34.4 Å². The number of carbonyl (C=O) groups excluding carboxylic acids is 1. The van der Waals surface area contributed by atoms with Crippen LogP contribution in [-0.4, -0.2) is 37.5 Å². The highest BCUT2D eigenvalue weighted by molar-refractivity contribution is 7.99. The van der Waals surface area contributed by atoms with Crippen LogP contribution in [0, 0.1) is 6.92 Å². The number of nitrogens with zero attached hydrogens (tertiary/aromatic N) is 4. The van der Waals surface area contributed by atoms with Crippen molar-refractivity contribution in [3.8, 4) is 0 Å². The second-order valence-corrected chi connectivity index (χ2v) is 7.55. The Hall–Kier alpha value is -3.13. The third-order valence-electron chi connectivity index (χ3n) is 4.56. The second-order valence-electron chi connectivity index (χ2n) is 6.61. The lowest BCUT2D eigenvalue weighted by atomic mass is 10.1. The van der Waals surface area contributed by atoms with E-state index in [0.717, 1.165) is 11.1 Å². The van der Waals surface area contributed by atoms with Crippen molar-refractivity contribution < 1.29 is 9.53 Å². The summed E-state index contributed by atoms with van der Waals surface area (Å²) in [6.07, 6.45) is 0. The van der Waals surface area contributed by atoms with E-state index in [9.17, 15) is 9.59 Å². The zero-order chi connectivity index (χ0) is 20.4. The van der Waals surface area contributed by atoms with Crippen LogP contribution in [0.3, 0.4) is 0 Å². The molecule has 0 atom stereocenters. The van der Waals surface area contributed by atoms with Crippen LogP contribution in [0.25, 0.3) is 16.7 Å². The molecule has 0 unspecified atom stereocenters. The van der Waals surface area contributed by atoms with Gasteiger partial charge >= 0.3 is 5.97 Å². The summed E-state index contributed by atoms with van der Waals surface area (Å²) in [5.74, 6) is 0.257. The lowest BCUT2D eigenvalue weighted by Gasteiger charge is -2.11. The monoisotopic (exact) mass is 408 g/mol. The fraction of sp³-hybridized carbons (Fsp3) is 0.238. The zero-order valence-corrected chi connectivity index (χ0v) is 17.0. The minimum atomic E-state index is -0.313. The van der Waals surface area contributed by atoms with Crippen LogP contribution in [-0.2, 0) is 16.1 Å². The molecular formula is C21H20N4O3S. The summed E-state index contributed by atoms with van der Waals surface area (Å²) in [7, 11) is 0. The summed E-state index contributed by atoms with van der Waals surface area (Å²) in [6, 6.07) is 15.4. The molecule has 4 rings (SSSR count). The predicted molar refractivity (Wildman–Crippen MR) is 112 cm³/mol. The number of benzene rings is 2. The van der Waals surface area contributed by atoms with E-state index in [-0.39, 0.29) is 17.3 Å². The third kappa shape index (κ3) is 3.75. The first-order valence-corrected chi connectivity index (χ1v) is 10.3. The molecule has 0 saturated carbocycles. The molecule has 0 spiro atoms. The van der Waals surface area contributed by atoms with Gasteiger partial charge in [0.15, 0.2) is 5.16 Å². The van der Waals surface area contributed by atoms with Gasteiger partial charge in [-0.25, -0.2) is 0 Å². The number of thioether (sulfide) groups is 1. The number of para-hydroxylation sites is 1. The van der Waals surface area contributed by atoms with E-state index in [1.807, 2.05) is 53.8 Å². The number of aryl methyl sites for hydroxylation is 1. The SMILES string of the molecule is CCOC(=O)CSc1nnc2n(Cc3ccc(C)cc3)c(=O)c3ccccc3n12. The molecule has 8 heteroatoms. The Bertz CT molecular complexity index is 1240. The number of ether oxygens (including phenoxy) is 1. The third-order valence-corrected chi connectivity index (χ3v) is 5.47. The molecule has 0 amide bonds. The standard InChI is InChI=1S/C21H20N4O3S/c1-3-28-18(26)13-29-21-23-22-20-24(12-15-10-8-14(2)9-11-15)19(27)16-6-4-5-7-17(16)25(20)21/h4-11H,3,12-13H2,1-2H3. The Kier molecular flexibility index (Phi) is 5.35. The van der Waals surface area contributed by atoms with Gasteiger partial charge in [-0.1, -0.05) is 53.7 Å². The van der Waals surface area contributed by atoms with E-state index < -0.39 is 0 Å². The van der Waals surface area contributed by atoms with Crippen LogP contribution in [0.15, 0.2) is 58.5 Å². The molecule has 7 nitrogen and oxygen atoms in total. The summed E-state index contributed by atoms with van der Waals surface area (Å²) in [6.45, 7) is 4.51. The van der Waals surface area contributed by atoms with Crippen molar-refractivity contribution in [1.82, 2.24) is 19.2 Å². The van der Waals surface area contributed by atoms with Crippen molar-refractivity contribution in [3.63, 3.8) is 0 Å². The van der Waals surface area contributed by atoms with Gasteiger partial charge < -0.3 is 4.74 Å². The quantitative estimate of drug-likeness (QED) is 0.360. The highest BCUT2D eigenvalue weighted by atomic mass is 32.2. The molecule has 0 radical (unpaired) electrons. The number of aromatic nitrogens is 4. The molecule has 0 bridgehead atoms. The fourth-order valence-corrected chi connectivity index (χ4v) is 3.91. The molecular weight excluding hydrogens is 388 g/mol. The lowest BCUT2D eigenvalue weighted by molar-refractivity contribution is -0.139. The number of fused-ring (bicyclic) bond motifs is 3. The van der Waals surface area contributed by atoms with Gasteiger partial charge in [0, 0.05) is 0 Å². The summed E-state index contributed by atoms with van der Waals surface area (Å²) >= 11 is 1.24. The first-order chi connectivity index (χ1) is 14.1. The summed E-state index contributed by atoms with van der Waals surface area (Å²) in [4.78, 5) is 24.9. The predicted octanol–water partition coefficient (Wildman–Crippen LogP) is 3.06. The maximum Gasteiger partial charge on any atom is 0.316 e. The number of rotatable bonds is 6. The average molecular weight is 408 g/mol. The molecule has 0 fully saturated rings. The zero-order valence-electron chi connectivity index (χ0n) is 16.2. The molecule has 2 heterocycles. The molecule has 148 valence electrons. The minimum Gasteiger partial charge on any atom is -0.465 e. The van der Waals surface area contributed by atoms with Crippen molar-refractivity contribution in [2.75, 3.05) is 12.4 Å². The molecule has 0 N–H and O–H groups in total. The average Bonchev–Trinajstić information content (AvgIpc) is 3.15. The van der Waals surface area contributed by atoms with Gasteiger partial charge in [0.05, 0.1) is 29.8 Å². The van der Waals surface area contributed by atoms with Gasteiger partial charge in [-0.2, -0.15) is 0 Å². The van der Waals surface area contributed by atoms with E-state index in [1.54, 1.807) is 17.6 Å². The van der Waals surface area contributed by atoms with Crippen molar-refractivity contribution in [3.05, 3.63) is 70.0 Å². The number of hydrogen-bond acceptors (Lipinski definition) is 6. The largest absolute Gasteiger partial charge is 0.465 e. The molecule has 2 aromatic carbocycles. The highest BCUT2D eigenvalue weighted by Crippen LogP contribution is 2.22. The second kappa shape index (κ2) is 8.08. The maximum absolute atomic E-state index is 13.2. The molecule has 2 aromatic heterocycles. The van der Waals surface area contributed by atoms with Crippen LogP contribution in [0.2, 0.25) is 0 Å². The van der Waals surface area contributed by atoms with E-state index >= 15 is 0 Å². The molecule has 0 saturated heterocycles. The first kappa shape index (κ1) is 19.2. The fourth-order valence-electron chi connectivity index (χ4n) is 3.17. The molecule has 29 heavy (non-hydrogen) atoms. The van der Waals surface area contributed by atoms with Crippen molar-refractivity contribution in [2.24, 2.45) is 0 Å². The van der Waals surface area contributed by atoms with Gasteiger partial charge in [-0.15, -0.1) is 10.2 Å². The van der Waals surface area contributed by atoms with E-state index in [4.69, 9.17) is 4.74 Å². The number of hydrogen-bond donors (Lipinski definition) is 0. The summed E-state index contributed by atoms with van der Waals surface area (Å²) < 4.78 is 8.45. The lowest BCUT2D eigenvalue weighted by Crippen LogP contribution is -2.24. The van der Waals surface area contributed by atoms with Gasteiger partial charge in [-0.05, 0) is 31.5 Å². The molecule has 0 aliphatic rings. The van der Waals surface area contributed by atoms with Crippen molar-refractivity contribution in [2.45, 2.75) is 25.5 Å². The summed E-state index contributed by atoms with van der Waals surface area (Å²) in [5.41, 5.74) is 2.75. The minimum absolute atomic E-state index is 0.122. The highest BCUT2D eigenvalue weighted by Gasteiger charge is 2.18. The van der Waals surface area contributed by atoms with Gasteiger partial charge in [0.1, 0.15) is 0 Å². The topological polar surface area (TPSA) is 78.5 Å². The van der Waals surface area contributed by atoms with E-state index in [2.05, 4.69) is 10.2 Å². The van der Waals surface area contributed by atoms with Crippen LogP contribution < -0.4 is 5.56 Å². The van der Waals surface area contributed by atoms with Gasteiger partial charge in [0.25, 0.3) is 5.56 Å². The van der Waals surface area contributed by atoms with E-state index in [1.165, 1.54) is 11.8 Å². The number of carbonyl (C=O) groups is 1. The van der Waals surface area contributed by atoms with Crippen LogP contribution in [0.4, 0.5) is 0 Å². The summed E-state index contributed by atoms with van der Waals surface area (Å²) in [5, 5.41) is 9.63. The normalized spacial score (nSPS) is 11.2. The molecule has 0 aliphatic carbocycles. The van der Waals surface area contributed by atoms with Crippen LogP contribution in [0.5, 0.6) is 0 Å². The van der Waals surface area contributed by atoms with Crippen LogP contribution in [0.1, 0.15) is 18.1 Å².